The maximum atomic E-state index is 12.9. The number of thioether (sulfide) groups is 1. The van der Waals surface area contributed by atoms with Crippen LogP contribution in [0.5, 0.6) is 0 Å². The number of nitrogens with zero attached hydrogens (tertiary/aromatic N) is 2. The minimum atomic E-state index is -4.47. The molecule has 144 valence electrons. The number of hydrogen-bond donors (Lipinski definition) is 1. The Morgan fingerprint density at radius 2 is 1.75 bits per heavy atom. The molecule has 0 unspecified atom stereocenters. The average molecular weight is 407 g/mol. The monoisotopic (exact) mass is 407 g/mol. The molecule has 1 aromatic heterocycles. The van der Waals surface area contributed by atoms with Gasteiger partial charge in [-0.15, -0.1) is 10.2 Å². The van der Waals surface area contributed by atoms with E-state index in [2.05, 4.69) is 15.5 Å². The van der Waals surface area contributed by atoms with Crippen LogP contribution in [0.2, 0.25) is 0 Å². The van der Waals surface area contributed by atoms with Gasteiger partial charge < -0.3 is 5.32 Å². The molecule has 0 saturated carbocycles. The lowest BCUT2D eigenvalue weighted by Gasteiger charge is -2.09. The number of benzene rings is 2. The van der Waals surface area contributed by atoms with E-state index in [-0.39, 0.29) is 17.3 Å². The van der Waals surface area contributed by atoms with Crippen LogP contribution >= 0.6 is 11.8 Å². The van der Waals surface area contributed by atoms with E-state index in [1.165, 1.54) is 24.3 Å². The van der Waals surface area contributed by atoms with E-state index in [4.69, 9.17) is 0 Å². The normalized spacial score (nSPS) is 11.3. The van der Waals surface area contributed by atoms with Crippen molar-refractivity contribution in [1.29, 1.82) is 0 Å². The van der Waals surface area contributed by atoms with Crippen LogP contribution < -0.4 is 5.32 Å². The first-order chi connectivity index (χ1) is 13.3. The van der Waals surface area contributed by atoms with Crippen LogP contribution in [0.3, 0.4) is 0 Å². The fourth-order valence-corrected chi connectivity index (χ4v) is 2.90. The van der Waals surface area contributed by atoms with Crippen LogP contribution in [0, 0.1) is 5.82 Å². The van der Waals surface area contributed by atoms with Gasteiger partial charge in [0.05, 0.1) is 17.0 Å². The summed E-state index contributed by atoms with van der Waals surface area (Å²) >= 11 is 1.10. The van der Waals surface area contributed by atoms with Crippen molar-refractivity contribution in [2.75, 3.05) is 11.1 Å². The summed E-state index contributed by atoms with van der Waals surface area (Å²) in [6.07, 6.45) is -4.47. The van der Waals surface area contributed by atoms with Crippen LogP contribution in [0.4, 0.5) is 23.2 Å². The third-order valence-electron chi connectivity index (χ3n) is 3.60. The number of nitrogens with one attached hydrogen (secondary N) is 1. The minimum absolute atomic E-state index is 0.0409. The molecule has 0 bridgehead atoms. The zero-order valence-electron chi connectivity index (χ0n) is 14.2. The van der Waals surface area contributed by atoms with Crippen LogP contribution in [0.1, 0.15) is 5.56 Å². The highest BCUT2D eigenvalue weighted by molar-refractivity contribution is 7.99. The van der Waals surface area contributed by atoms with Crippen molar-refractivity contribution >= 4 is 23.4 Å². The maximum Gasteiger partial charge on any atom is 0.416 e. The molecule has 0 aliphatic heterocycles. The SMILES string of the molecule is O=C(CSc1ccc(-c2ccc(F)cc2)nn1)Nc1cccc(C(F)(F)F)c1. The Bertz CT molecular complexity index is 960. The van der Waals surface area contributed by atoms with E-state index >= 15 is 0 Å². The second kappa shape index (κ2) is 8.39. The molecule has 3 rings (SSSR count). The van der Waals surface area contributed by atoms with Crippen LogP contribution in [-0.4, -0.2) is 21.9 Å². The fourth-order valence-electron chi connectivity index (χ4n) is 2.28. The Morgan fingerprint density at radius 3 is 2.39 bits per heavy atom. The number of amides is 1. The zero-order chi connectivity index (χ0) is 20.1. The minimum Gasteiger partial charge on any atom is -0.325 e. The number of alkyl halides is 3. The number of carbonyl (C=O) groups is 1. The molecule has 0 radical (unpaired) electrons. The molecule has 0 spiro atoms. The first-order valence-corrected chi connectivity index (χ1v) is 8.99. The molecule has 1 heterocycles. The predicted octanol–water partition coefficient (Wildman–Crippen LogP) is 5.03. The lowest BCUT2D eigenvalue weighted by Crippen LogP contribution is -2.15. The van der Waals surface area contributed by atoms with Gasteiger partial charge in [-0.05, 0) is 54.6 Å². The molecule has 0 aliphatic carbocycles. The quantitative estimate of drug-likeness (QED) is 0.476. The third-order valence-corrected chi connectivity index (χ3v) is 4.52. The molecular weight excluding hydrogens is 394 g/mol. The second-order valence-electron chi connectivity index (χ2n) is 5.68. The molecule has 0 aliphatic rings. The summed E-state index contributed by atoms with van der Waals surface area (Å²) in [6, 6.07) is 13.6. The van der Waals surface area contributed by atoms with Gasteiger partial charge in [-0.3, -0.25) is 4.79 Å². The van der Waals surface area contributed by atoms with Crippen molar-refractivity contribution in [3.05, 3.63) is 72.0 Å². The van der Waals surface area contributed by atoms with Gasteiger partial charge in [-0.2, -0.15) is 13.2 Å². The average Bonchev–Trinajstić information content (AvgIpc) is 2.67. The first-order valence-electron chi connectivity index (χ1n) is 8.01. The predicted molar refractivity (Wildman–Crippen MR) is 98.2 cm³/mol. The molecule has 28 heavy (non-hydrogen) atoms. The number of rotatable bonds is 5. The second-order valence-corrected chi connectivity index (χ2v) is 6.67. The molecule has 0 atom stereocenters. The van der Waals surface area contributed by atoms with E-state index in [0.29, 0.717) is 16.3 Å². The van der Waals surface area contributed by atoms with Gasteiger partial charge in [0.1, 0.15) is 10.8 Å². The summed E-state index contributed by atoms with van der Waals surface area (Å²) in [4.78, 5) is 12.0. The Morgan fingerprint density at radius 1 is 1.00 bits per heavy atom. The number of halogens is 4. The van der Waals surface area contributed by atoms with Crippen molar-refractivity contribution < 1.29 is 22.4 Å². The highest BCUT2D eigenvalue weighted by Crippen LogP contribution is 2.30. The smallest absolute Gasteiger partial charge is 0.325 e. The van der Waals surface area contributed by atoms with Gasteiger partial charge in [-0.25, -0.2) is 4.39 Å². The Balaban J connectivity index is 1.57. The summed E-state index contributed by atoms with van der Waals surface area (Å²) in [6.45, 7) is 0. The van der Waals surface area contributed by atoms with Crippen LogP contribution in [0.25, 0.3) is 11.3 Å². The number of hydrogen-bond acceptors (Lipinski definition) is 4. The van der Waals surface area contributed by atoms with Crippen molar-refractivity contribution in [3.8, 4) is 11.3 Å². The summed E-state index contributed by atoms with van der Waals surface area (Å²) in [5.74, 6) is -0.856. The van der Waals surface area contributed by atoms with Gasteiger partial charge in [0, 0.05) is 11.3 Å². The molecule has 9 heteroatoms. The lowest BCUT2D eigenvalue weighted by atomic mass is 10.1. The molecule has 0 fully saturated rings. The summed E-state index contributed by atoms with van der Waals surface area (Å²) in [5.41, 5.74) is 0.490. The Kier molecular flexibility index (Phi) is 5.93. The zero-order valence-corrected chi connectivity index (χ0v) is 15.0. The van der Waals surface area contributed by atoms with Crippen LogP contribution in [-0.2, 0) is 11.0 Å². The molecule has 2 aromatic carbocycles. The molecule has 1 N–H and O–H groups in total. The molecular formula is C19H13F4N3OS. The summed E-state index contributed by atoms with van der Waals surface area (Å²) < 4.78 is 51.0. The first kappa shape index (κ1) is 19.8. The molecule has 0 saturated heterocycles. The van der Waals surface area contributed by atoms with Crippen molar-refractivity contribution in [2.45, 2.75) is 11.2 Å². The standard InChI is InChI=1S/C19H13F4N3OS/c20-14-6-4-12(5-7-14)16-8-9-18(26-25-16)28-11-17(27)24-15-3-1-2-13(10-15)19(21,22)23/h1-10H,11H2,(H,24,27). The van der Waals surface area contributed by atoms with E-state index in [1.807, 2.05) is 0 Å². The lowest BCUT2D eigenvalue weighted by molar-refractivity contribution is -0.137. The van der Waals surface area contributed by atoms with Gasteiger partial charge >= 0.3 is 6.18 Å². The summed E-state index contributed by atoms with van der Waals surface area (Å²) in [5, 5.41) is 10.9. The number of anilines is 1. The third kappa shape index (κ3) is 5.29. The molecule has 1 amide bonds. The van der Waals surface area contributed by atoms with Gasteiger partial charge in [0.25, 0.3) is 0 Å². The molecule has 3 aromatic rings. The molecule has 4 nitrogen and oxygen atoms in total. The summed E-state index contributed by atoms with van der Waals surface area (Å²) in [7, 11) is 0. The Hall–Kier alpha value is -2.94. The van der Waals surface area contributed by atoms with Gasteiger partial charge in [-0.1, -0.05) is 17.8 Å². The van der Waals surface area contributed by atoms with E-state index in [1.54, 1.807) is 24.3 Å². The van der Waals surface area contributed by atoms with E-state index < -0.39 is 17.6 Å². The highest BCUT2D eigenvalue weighted by atomic mass is 32.2. The highest BCUT2D eigenvalue weighted by Gasteiger charge is 2.30. The van der Waals surface area contributed by atoms with E-state index in [0.717, 1.165) is 23.9 Å². The fraction of sp³-hybridized carbons (Fsp3) is 0.105. The van der Waals surface area contributed by atoms with Gasteiger partial charge in [0.15, 0.2) is 0 Å². The topological polar surface area (TPSA) is 54.9 Å². The van der Waals surface area contributed by atoms with Gasteiger partial charge in [0.2, 0.25) is 5.91 Å². The van der Waals surface area contributed by atoms with Crippen molar-refractivity contribution in [2.24, 2.45) is 0 Å². The van der Waals surface area contributed by atoms with E-state index in [9.17, 15) is 22.4 Å². The maximum absolute atomic E-state index is 12.9. The number of carbonyl (C=O) groups excluding carboxylic acids is 1. The van der Waals surface area contributed by atoms with Crippen LogP contribution in [0.15, 0.2) is 65.7 Å². The Labute approximate surface area is 162 Å². The number of aromatic nitrogens is 2. The van der Waals surface area contributed by atoms with Crippen molar-refractivity contribution in [1.82, 2.24) is 10.2 Å². The van der Waals surface area contributed by atoms with Crippen molar-refractivity contribution in [3.63, 3.8) is 0 Å². The largest absolute Gasteiger partial charge is 0.416 e.